The van der Waals surface area contributed by atoms with Crippen molar-refractivity contribution >= 4 is 17.5 Å². The van der Waals surface area contributed by atoms with Crippen molar-refractivity contribution in [1.29, 1.82) is 0 Å². The van der Waals surface area contributed by atoms with Crippen LogP contribution < -0.4 is 9.64 Å². The van der Waals surface area contributed by atoms with Gasteiger partial charge in [0.25, 0.3) is 5.91 Å². The molecule has 0 spiro atoms. The molecule has 0 aliphatic carbocycles. The number of likely N-dealkylation sites (tertiary alicyclic amines) is 1. The minimum absolute atomic E-state index is 0.0276. The molecule has 2 fully saturated rings. The molecule has 3 rings (SSSR count). The maximum atomic E-state index is 12.4. The summed E-state index contributed by atoms with van der Waals surface area (Å²) in [5.41, 5.74) is 0.847. The number of carbonyl (C=O) groups excluding carboxylic acids is 2. The number of ether oxygens (including phenoxy) is 1. The van der Waals surface area contributed by atoms with Crippen molar-refractivity contribution in [2.75, 3.05) is 45.2 Å². The Kier molecular flexibility index (Phi) is 5.58. The van der Waals surface area contributed by atoms with Gasteiger partial charge in [0.15, 0.2) is 6.61 Å². The molecule has 0 atom stereocenters. The van der Waals surface area contributed by atoms with Crippen LogP contribution in [0.4, 0.5) is 5.69 Å². The third-order valence-corrected chi connectivity index (χ3v) is 5.11. The van der Waals surface area contributed by atoms with Crippen LogP contribution >= 0.6 is 0 Å². The highest BCUT2D eigenvalue weighted by molar-refractivity contribution is 5.95. The molecule has 0 bridgehead atoms. The van der Waals surface area contributed by atoms with Crippen molar-refractivity contribution in [2.24, 2.45) is 0 Å². The van der Waals surface area contributed by atoms with E-state index in [1.165, 1.54) is 0 Å². The normalized spacial score (nSPS) is 18.9. The predicted octanol–water partition coefficient (Wildman–Crippen LogP) is 1.74. The summed E-state index contributed by atoms with van der Waals surface area (Å²) in [5, 5.41) is 0. The third kappa shape index (κ3) is 4.31. The number of hydrogen-bond acceptors (Lipinski definition) is 4. The van der Waals surface area contributed by atoms with E-state index in [-0.39, 0.29) is 18.4 Å². The molecule has 2 heterocycles. The first-order chi connectivity index (χ1) is 12.0. The van der Waals surface area contributed by atoms with E-state index >= 15 is 0 Å². The Labute approximate surface area is 149 Å². The first kappa shape index (κ1) is 17.7. The number of anilines is 1. The second-order valence-electron chi connectivity index (χ2n) is 7.01. The average Bonchev–Trinajstić information content (AvgIpc) is 3.06. The summed E-state index contributed by atoms with van der Waals surface area (Å²) in [6.07, 6.45) is 3.51. The molecule has 0 N–H and O–H groups in total. The molecule has 136 valence electrons. The Bertz CT molecular complexity index is 624. The minimum Gasteiger partial charge on any atom is -0.484 e. The van der Waals surface area contributed by atoms with Crippen LogP contribution in [0.2, 0.25) is 0 Å². The van der Waals surface area contributed by atoms with Crippen LogP contribution in [-0.4, -0.2) is 68.0 Å². The fourth-order valence-corrected chi connectivity index (χ4v) is 3.53. The largest absolute Gasteiger partial charge is 0.484 e. The fourth-order valence-electron chi connectivity index (χ4n) is 3.53. The summed E-state index contributed by atoms with van der Waals surface area (Å²) in [6, 6.07) is 8.00. The summed E-state index contributed by atoms with van der Waals surface area (Å²) in [7, 11) is 4.17. The van der Waals surface area contributed by atoms with Crippen LogP contribution in [0.25, 0.3) is 0 Å². The van der Waals surface area contributed by atoms with Gasteiger partial charge in [-0.1, -0.05) is 6.07 Å². The Balaban J connectivity index is 1.52. The number of carbonyl (C=O) groups is 2. The van der Waals surface area contributed by atoms with Gasteiger partial charge in [0.1, 0.15) is 5.75 Å². The van der Waals surface area contributed by atoms with E-state index in [0.717, 1.165) is 44.6 Å². The summed E-state index contributed by atoms with van der Waals surface area (Å²) in [4.78, 5) is 30.1. The number of nitrogens with zero attached hydrogens (tertiary/aromatic N) is 3. The second kappa shape index (κ2) is 7.87. The number of piperidine rings is 1. The van der Waals surface area contributed by atoms with Crippen LogP contribution in [-0.2, 0) is 9.59 Å². The van der Waals surface area contributed by atoms with E-state index in [1.54, 1.807) is 4.90 Å². The molecular formula is C19H27N3O3. The van der Waals surface area contributed by atoms with Gasteiger partial charge in [0.05, 0.1) is 0 Å². The smallest absolute Gasteiger partial charge is 0.260 e. The predicted molar refractivity (Wildman–Crippen MR) is 96.8 cm³/mol. The second-order valence-corrected chi connectivity index (χ2v) is 7.01. The van der Waals surface area contributed by atoms with Crippen LogP contribution in [0.1, 0.15) is 25.7 Å². The number of hydrogen-bond donors (Lipinski definition) is 0. The van der Waals surface area contributed by atoms with Gasteiger partial charge < -0.3 is 19.4 Å². The topological polar surface area (TPSA) is 53.1 Å². The molecular weight excluding hydrogens is 318 g/mol. The SMILES string of the molecule is CN(C)C1CCN(C(=O)COc2cccc(N3CCCC3=O)c2)CC1. The molecule has 0 aromatic heterocycles. The van der Waals surface area contributed by atoms with Crippen molar-refractivity contribution in [3.8, 4) is 5.75 Å². The summed E-state index contributed by atoms with van der Waals surface area (Å²) in [5.74, 6) is 0.811. The van der Waals surface area contributed by atoms with E-state index in [1.807, 2.05) is 29.2 Å². The zero-order chi connectivity index (χ0) is 17.8. The van der Waals surface area contributed by atoms with E-state index in [0.29, 0.717) is 18.2 Å². The van der Waals surface area contributed by atoms with Gasteiger partial charge in [-0.15, -0.1) is 0 Å². The highest BCUT2D eigenvalue weighted by atomic mass is 16.5. The fraction of sp³-hybridized carbons (Fsp3) is 0.579. The first-order valence-corrected chi connectivity index (χ1v) is 9.02. The molecule has 1 aromatic rings. The molecule has 2 saturated heterocycles. The van der Waals surface area contributed by atoms with Gasteiger partial charge in [0.2, 0.25) is 5.91 Å². The zero-order valence-corrected chi connectivity index (χ0v) is 15.1. The Morgan fingerprint density at radius 3 is 2.64 bits per heavy atom. The van der Waals surface area contributed by atoms with Crippen molar-refractivity contribution in [3.05, 3.63) is 24.3 Å². The van der Waals surface area contributed by atoms with E-state index < -0.39 is 0 Å². The molecule has 2 amide bonds. The Morgan fingerprint density at radius 1 is 1.24 bits per heavy atom. The molecule has 0 unspecified atom stereocenters. The quantitative estimate of drug-likeness (QED) is 0.816. The molecule has 0 saturated carbocycles. The Morgan fingerprint density at radius 2 is 2.00 bits per heavy atom. The van der Waals surface area contributed by atoms with Gasteiger partial charge in [-0.3, -0.25) is 9.59 Å². The van der Waals surface area contributed by atoms with Crippen LogP contribution in [0.5, 0.6) is 5.75 Å². The maximum absolute atomic E-state index is 12.4. The van der Waals surface area contributed by atoms with Gasteiger partial charge in [0, 0.05) is 43.9 Å². The van der Waals surface area contributed by atoms with Gasteiger partial charge in [-0.05, 0) is 45.5 Å². The highest BCUT2D eigenvalue weighted by Crippen LogP contribution is 2.25. The molecule has 2 aliphatic rings. The monoisotopic (exact) mass is 345 g/mol. The van der Waals surface area contributed by atoms with Gasteiger partial charge in [-0.25, -0.2) is 0 Å². The first-order valence-electron chi connectivity index (χ1n) is 9.02. The number of rotatable bonds is 5. The minimum atomic E-state index is 0.0276. The Hall–Kier alpha value is -2.08. The van der Waals surface area contributed by atoms with Crippen molar-refractivity contribution in [2.45, 2.75) is 31.7 Å². The lowest BCUT2D eigenvalue weighted by Gasteiger charge is -2.35. The van der Waals surface area contributed by atoms with E-state index in [2.05, 4.69) is 19.0 Å². The van der Waals surface area contributed by atoms with E-state index in [9.17, 15) is 9.59 Å². The highest BCUT2D eigenvalue weighted by Gasteiger charge is 2.24. The number of amides is 2. The maximum Gasteiger partial charge on any atom is 0.260 e. The summed E-state index contributed by atoms with van der Waals surface area (Å²) < 4.78 is 5.69. The van der Waals surface area contributed by atoms with Gasteiger partial charge >= 0.3 is 0 Å². The third-order valence-electron chi connectivity index (χ3n) is 5.11. The summed E-state index contributed by atoms with van der Waals surface area (Å²) in [6.45, 7) is 2.37. The van der Waals surface area contributed by atoms with E-state index in [4.69, 9.17) is 4.74 Å². The number of benzene rings is 1. The average molecular weight is 345 g/mol. The molecule has 1 aromatic carbocycles. The molecule has 6 nitrogen and oxygen atoms in total. The van der Waals surface area contributed by atoms with Crippen LogP contribution in [0.15, 0.2) is 24.3 Å². The molecule has 25 heavy (non-hydrogen) atoms. The standard InChI is InChI=1S/C19H27N3O3/c1-20(2)15-8-11-21(12-9-15)19(24)14-25-17-6-3-5-16(13-17)22-10-4-7-18(22)23/h3,5-6,13,15H,4,7-12,14H2,1-2H3. The van der Waals surface area contributed by atoms with Crippen LogP contribution in [0.3, 0.4) is 0 Å². The molecule has 6 heteroatoms. The van der Waals surface area contributed by atoms with Crippen molar-refractivity contribution in [3.63, 3.8) is 0 Å². The summed E-state index contributed by atoms with van der Waals surface area (Å²) >= 11 is 0. The van der Waals surface area contributed by atoms with Crippen molar-refractivity contribution in [1.82, 2.24) is 9.80 Å². The zero-order valence-electron chi connectivity index (χ0n) is 15.1. The van der Waals surface area contributed by atoms with Crippen molar-refractivity contribution < 1.29 is 14.3 Å². The van der Waals surface area contributed by atoms with Gasteiger partial charge in [-0.2, -0.15) is 0 Å². The lowest BCUT2D eigenvalue weighted by atomic mass is 10.0. The lowest BCUT2D eigenvalue weighted by molar-refractivity contribution is -0.134. The molecule has 2 aliphatic heterocycles. The van der Waals surface area contributed by atoms with Crippen LogP contribution in [0, 0.1) is 0 Å². The lowest BCUT2D eigenvalue weighted by Crippen LogP contribution is -2.45. The molecule has 0 radical (unpaired) electrons.